The van der Waals surface area contributed by atoms with Crippen LogP contribution in [0.1, 0.15) is 16.8 Å². The molecule has 0 unspecified atom stereocenters. The quantitative estimate of drug-likeness (QED) is 0.804. The number of aliphatic hydroxyl groups is 1. The van der Waals surface area contributed by atoms with Crippen molar-refractivity contribution in [1.82, 2.24) is 9.55 Å². The van der Waals surface area contributed by atoms with Gasteiger partial charge in [-0.1, -0.05) is 24.3 Å². The van der Waals surface area contributed by atoms with Gasteiger partial charge in [0.05, 0.1) is 18.6 Å². The van der Waals surface area contributed by atoms with Gasteiger partial charge < -0.3 is 15.4 Å². The van der Waals surface area contributed by atoms with Crippen molar-refractivity contribution in [3.63, 3.8) is 0 Å². The molecule has 2 aromatic rings. The lowest BCUT2D eigenvalue weighted by atomic mass is 10.1. The first-order chi connectivity index (χ1) is 8.31. The standard InChI is InChI=1S/C13H17N3O/c14-6-5-13-8-16(10-15-13)7-11-1-3-12(9-17)4-2-11/h1-4,8,10,17H,5-7,9,14H2. The third-order valence-corrected chi connectivity index (χ3v) is 2.66. The molecule has 2 rings (SSSR count). The molecule has 0 amide bonds. The van der Waals surface area contributed by atoms with E-state index in [-0.39, 0.29) is 6.61 Å². The van der Waals surface area contributed by atoms with E-state index in [1.54, 1.807) is 0 Å². The molecule has 4 heteroatoms. The normalized spacial score (nSPS) is 10.7. The van der Waals surface area contributed by atoms with Crippen LogP contribution in [-0.4, -0.2) is 21.2 Å². The van der Waals surface area contributed by atoms with Crippen LogP contribution in [0.25, 0.3) is 0 Å². The van der Waals surface area contributed by atoms with Gasteiger partial charge in [0.2, 0.25) is 0 Å². The maximum atomic E-state index is 8.95. The van der Waals surface area contributed by atoms with E-state index >= 15 is 0 Å². The molecule has 17 heavy (non-hydrogen) atoms. The van der Waals surface area contributed by atoms with Crippen LogP contribution in [-0.2, 0) is 19.6 Å². The predicted octanol–water partition coefficient (Wildman–Crippen LogP) is 0.925. The Labute approximate surface area is 101 Å². The predicted molar refractivity (Wildman–Crippen MR) is 66.5 cm³/mol. The number of nitrogens with two attached hydrogens (primary N) is 1. The molecule has 0 aliphatic rings. The molecule has 4 nitrogen and oxygen atoms in total. The molecular weight excluding hydrogens is 214 g/mol. The average Bonchev–Trinajstić information content (AvgIpc) is 2.78. The highest BCUT2D eigenvalue weighted by molar-refractivity contribution is 5.22. The van der Waals surface area contributed by atoms with E-state index in [0.29, 0.717) is 6.54 Å². The maximum Gasteiger partial charge on any atom is 0.0952 e. The Hall–Kier alpha value is -1.65. The number of hydrogen-bond acceptors (Lipinski definition) is 3. The van der Waals surface area contributed by atoms with Gasteiger partial charge in [-0.25, -0.2) is 4.98 Å². The molecule has 0 bridgehead atoms. The van der Waals surface area contributed by atoms with Gasteiger partial charge in [0, 0.05) is 19.2 Å². The van der Waals surface area contributed by atoms with Gasteiger partial charge in [0.15, 0.2) is 0 Å². The Balaban J connectivity index is 2.03. The van der Waals surface area contributed by atoms with E-state index in [2.05, 4.69) is 4.98 Å². The number of hydrogen-bond donors (Lipinski definition) is 2. The van der Waals surface area contributed by atoms with Crippen LogP contribution in [0.2, 0.25) is 0 Å². The first kappa shape index (κ1) is 11.8. The fourth-order valence-corrected chi connectivity index (χ4v) is 1.73. The van der Waals surface area contributed by atoms with Gasteiger partial charge in [-0.05, 0) is 17.7 Å². The highest BCUT2D eigenvalue weighted by atomic mass is 16.3. The molecule has 3 N–H and O–H groups in total. The molecule has 0 radical (unpaired) electrons. The number of rotatable bonds is 5. The fourth-order valence-electron chi connectivity index (χ4n) is 1.73. The third kappa shape index (κ3) is 3.15. The maximum absolute atomic E-state index is 8.95. The van der Waals surface area contributed by atoms with E-state index in [1.807, 2.05) is 41.4 Å². The number of aliphatic hydroxyl groups excluding tert-OH is 1. The second-order valence-corrected chi connectivity index (χ2v) is 4.05. The van der Waals surface area contributed by atoms with Crippen LogP contribution in [0, 0.1) is 0 Å². The van der Waals surface area contributed by atoms with E-state index in [0.717, 1.165) is 24.2 Å². The first-order valence-corrected chi connectivity index (χ1v) is 5.71. The lowest BCUT2D eigenvalue weighted by molar-refractivity contribution is 0.282. The third-order valence-electron chi connectivity index (χ3n) is 2.66. The topological polar surface area (TPSA) is 64.1 Å². The Bertz CT molecular complexity index is 462. The molecule has 0 atom stereocenters. The molecule has 0 aliphatic carbocycles. The zero-order valence-electron chi connectivity index (χ0n) is 9.71. The van der Waals surface area contributed by atoms with Crippen LogP contribution < -0.4 is 5.73 Å². The van der Waals surface area contributed by atoms with Gasteiger partial charge in [-0.3, -0.25) is 0 Å². The van der Waals surface area contributed by atoms with E-state index < -0.39 is 0 Å². The number of benzene rings is 1. The number of aromatic nitrogens is 2. The van der Waals surface area contributed by atoms with Crippen molar-refractivity contribution in [3.8, 4) is 0 Å². The average molecular weight is 231 g/mol. The molecule has 1 heterocycles. The second kappa shape index (κ2) is 5.61. The van der Waals surface area contributed by atoms with Crippen LogP contribution in [0.15, 0.2) is 36.8 Å². The first-order valence-electron chi connectivity index (χ1n) is 5.71. The van der Waals surface area contributed by atoms with Gasteiger partial charge >= 0.3 is 0 Å². The monoisotopic (exact) mass is 231 g/mol. The zero-order chi connectivity index (χ0) is 12.1. The van der Waals surface area contributed by atoms with E-state index in [9.17, 15) is 0 Å². The molecule has 1 aromatic heterocycles. The van der Waals surface area contributed by atoms with Gasteiger partial charge in [0.1, 0.15) is 0 Å². The van der Waals surface area contributed by atoms with Crippen LogP contribution in [0.4, 0.5) is 0 Å². The van der Waals surface area contributed by atoms with Gasteiger partial charge in [-0.15, -0.1) is 0 Å². The minimum Gasteiger partial charge on any atom is -0.392 e. The van der Waals surface area contributed by atoms with Crippen molar-refractivity contribution in [2.75, 3.05) is 6.54 Å². The summed E-state index contributed by atoms with van der Waals surface area (Å²) in [6.45, 7) is 1.51. The molecule has 1 aromatic carbocycles. The lowest BCUT2D eigenvalue weighted by Crippen LogP contribution is -2.02. The Morgan fingerprint density at radius 2 is 1.88 bits per heavy atom. The number of nitrogens with zero attached hydrogens (tertiary/aromatic N) is 2. The summed E-state index contributed by atoms with van der Waals surface area (Å²) in [6.07, 6.45) is 4.66. The molecule has 0 aliphatic heterocycles. The highest BCUT2D eigenvalue weighted by Gasteiger charge is 1.99. The Kier molecular flexibility index (Phi) is 3.90. The van der Waals surface area contributed by atoms with Crippen molar-refractivity contribution < 1.29 is 5.11 Å². The molecule has 0 spiro atoms. The van der Waals surface area contributed by atoms with Crippen molar-refractivity contribution in [2.24, 2.45) is 5.73 Å². The second-order valence-electron chi connectivity index (χ2n) is 4.05. The molecule has 0 saturated heterocycles. The largest absolute Gasteiger partial charge is 0.392 e. The molecule has 90 valence electrons. The highest BCUT2D eigenvalue weighted by Crippen LogP contribution is 2.07. The van der Waals surface area contributed by atoms with Crippen molar-refractivity contribution in [3.05, 3.63) is 53.6 Å². The summed E-state index contributed by atoms with van der Waals surface area (Å²) in [7, 11) is 0. The van der Waals surface area contributed by atoms with E-state index in [1.165, 1.54) is 5.56 Å². The lowest BCUT2D eigenvalue weighted by Gasteiger charge is -2.03. The zero-order valence-corrected chi connectivity index (χ0v) is 9.71. The summed E-state index contributed by atoms with van der Waals surface area (Å²) in [6, 6.07) is 7.92. The Morgan fingerprint density at radius 3 is 2.53 bits per heavy atom. The molecule has 0 fully saturated rings. The van der Waals surface area contributed by atoms with Crippen LogP contribution in [0.5, 0.6) is 0 Å². The van der Waals surface area contributed by atoms with Crippen molar-refractivity contribution in [1.29, 1.82) is 0 Å². The number of imidazole rings is 1. The van der Waals surface area contributed by atoms with Gasteiger partial charge in [-0.2, -0.15) is 0 Å². The summed E-state index contributed by atoms with van der Waals surface area (Å²) in [5, 5.41) is 8.95. The Morgan fingerprint density at radius 1 is 1.18 bits per heavy atom. The molecule has 0 saturated carbocycles. The van der Waals surface area contributed by atoms with Crippen LogP contribution >= 0.6 is 0 Å². The fraction of sp³-hybridized carbons (Fsp3) is 0.308. The SMILES string of the molecule is NCCc1cn(Cc2ccc(CO)cc2)cn1. The minimum absolute atomic E-state index is 0.0893. The van der Waals surface area contributed by atoms with Crippen molar-refractivity contribution in [2.45, 2.75) is 19.6 Å². The van der Waals surface area contributed by atoms with Crippen LogP contribution in [0.3, 0.4) is 0 Å². The van der Waals surface area contributed by atoms with Crippen molar-refractivity contribution >= 4 is 0 Å². The summed E-state index contributed by atoms with van der Waals surface area (Å²) < 4.78 is 2.04. The summed E-state index contributed by atoms with van der Waals surface area (Å²) in [5.74, 6) is 0. The summed E-state index contributed by atoms with van der Waals surface area (Å²) in [4.78, 5) is 4.28. The van der Waals surface area contributed by atoms with Gasteiger partial charge in [0.25, 0.3) is 0 Å². The minimum atomic E-state index is 0.0893. The summed E-state index contributed by atoms with van der Waals surface area (Å²) >= 11 is 0. The molecular formula is C13H17N3O. The summed E-state index contributed by atoms with van der Waals surface area (Å²) in [5.41, 5.74) is 8.64. The smallest absolute Gasteiger partial charge is 0.0952 e. The van der Waals surface area contributed by atoms with E-state index in [4.69, 9.17) is 10.8 Å².